The number of nitrogens with one attached hydrogen (secondary N) is 1. The highest BCUT2D eigenvalue weighted by Crippen LogP contribution is 2.29. The first-order valence-electron chi connectivity index (χ1n) is 8.08. The van der Waals surface area contributed by atoms with Crippen LogP contribution in [0.3, 0.4) is 0 Å². The standard InChI is InChI=1S/C16H33N3O/c1-12-7-8-14(11-13(12)2)18-10-6-5-9-16(3,4)15(17)19-20/h12-14,18,20H,5-11H2,1-4H3,(H2,17,19). The van der Waals surface area contributed by atoms with Crippen LogP contribution in [0.5, 0.6) is 0 Å². The van der Waals surface area contributed by atoms with E-state index in [2.05, 4.69) is 24.3 Å². The van der Waals surface area contributed by atoms with Gasteiger partial charge < -0.3 is 16.3 Å². The van der Waals surface area contributed by atoms with Gasteiger partial charge in [0.15, 0.2) is 0 Å². The van der Waals surface area contributed by atoms with Crippen molar-refractivity contribution >= 4 is 5.84 Å². The Balaban J connectivity index is 2.14. The van der Waals surface area contributed by atoms with E-state index in [0.717, 1.165) is 37.6 Å². The molecule has 0 aromatic rings. The zero-order valence-corrected chi connectivity index (χ0v) is 13.7. The van der Waals surface area contributed by atoms with Gasteiger partial charge in [0.1, 0.15) is 5.84 Å². The van der Waals surface area contributed by atoms with Crippen LogP contribution in [0.2, 0.25) is 0 Å². The summed E-state index contributed by atoms with van der Waals surface area (Å²) in [6.45, 7) is 9.88. The summed E-state index contributed by atoms with van der Waals surface area (Å²) >= 11 is 0. The smallest absolute Gasteiger partial charge is 0.144 e. The summed E-state index contributed by atoms with van der Waals surface area (Å²) in [5.74, 6) is 2.07. The summed E-state index contributed by atoms with van der Waals surface area (Å²) in [4.78, 5) is 0. The monoisotopic (exact) mass is 283 g/mol. The van der Waals surface area contributed by atoms with E-state index in [0.29, 0.717) is 11.9 Å². The Morgan fingerprint density at radius 2 is 1.95 bits per heavy atom. The van der Waals surface area contributed by atoms with Gasteiger partial charge in [-0.25, -0.2) is 0 Å². The van der Waals surface area contributed by atoms with E-state index >= 15 is 0 Å². The molecule has 0 aliphatic heterocycles. The van der Waals surface area contributed by atoms with Gasteiger partial charge in [-0.3, -0.25) is 0 Å². The lowest BCUT2D eigenvalue weighted by Gasteiger charge is -2.32. The molecule has 1 aliphatic rings. The molecule has 0 aromatic carbocycles. The summed E-state index contributed by atoms with van der Waals surface area (Å²) in [5, 5.41) is 15.6. The van der Waals surface area contributed by atoms with E-state index in [1.165, 1.54) is 19.3 Å². The lowest BCUT2D eigenvalue weighted by atomic mass is 9.79. The maximum Gasteiger partial charge on any atom is 0.144 e. The Morgan fingerprint density at radius 3 is 2.55 bits per heavy atom. The number of oxime groups is 1. The van der Waals surface area contributed by atoms with Crippen molar-refractivity contribution in [2.45, 2.75) is 72.3 Å². The molecule has 0 heterocycles. The molecule has 4 N–H and O–H groups in total. The van der Waals surface area contributed by atoms with Crippen LogP contribution in [0.15, 0.2) is 5.16 Å². The molecule has 1 fully saturated rings. The Bertz CT molecular complexity index is 315. The van der Waals surface area contributed by atoms with Crippen molar-refractivity contribution in [2.24, 2.45) is 28.1 Å². The van der Waals surface area contributed by atoms with Crippen molar-refractivity contribution in [1.82, 2.24) is 5.32 Å². The van der Waals surface area contributed by atoms with Crippen molar-refractivity contribution in [3.05, 3.63) is 0 Å². The molecular weight excluding hydrogens is 250 g/mol. The molecule has 1 aliphatic carbocycles. The molecule has 4 heteroatoms. The van der Waals surface area contributed by atoms with Gasteiger partial charge in [-0.2, -0.15) is 0 Å². The molecule has 1 saturated carbocycles. The summed E-state index contributed by atoms with van der Waals surface area (Å²) < 4.78 is 0. The molecule has 3 atom stereocenters. The van der Waals surface area contributed by atoms with Gasteiger partial charge in [0, 0.05) is 11.5 Å². The van der Waals surface area contributed by atoms with Gasteiger partial charge in [0.25, 0.3) is 0 Å². The summed E-state index contributed by atoms with van der Waals surface area (Å²) in [7, 11) is 0. The molecule has 0 radical (unpaired) electrons. The molecule has 0 aromatic heterocycles. The number of rotatable bonds is 7. The fraction of sp³-hybridized carbons (Fsp3) is 0.938. The lowest BCUT2D eigenvalue weighted by molar-refractivity contribution is 0.225. The molecule has 0 bridgehead atoms. The third-order valence-corrected chi connectivity index (χ3v) is 5.06. The van der Waals surface area contributed by atoms with Gasteiger partial charge in [0.05, 0.1) is 0 Å². The van der Waals surface area contributed by atoms with E-state index in [4.69, 9.17) is 10.9 Å². The normalized spacial score (nSPS) is 28.6. The van der Waals surface area contributed by atoms with Crippen LogP contribution in [0.25, 0.3) is 0 Å². The molecule has 1 rings (SSSR count). The molecule has 0 saturated heterocycles. The second kappa shape index (κ2) is 7.87. The third kappa shape index (κ3) is 5.31. The minimum atomic E-state index is -0.205. The van der Waals surface area contributed by atoms with Gasteiger partial charge in [-0.05, 0) is 50.5 Å². The highest BCUT2D eigenvalue weighted by atomic mass is 16.4. The van der Waals surface area contributed by atoms with Crippen molar-refractivity contribution in [3.8, 4) is 0 Å². The summed E-state index contributed by atoms with van der Waals surface area (Å²) in [5.41, 5.74) is 5.49. The fourth-order valence-electron chi connectivity index (χ4n) is 2.99. The van der Waals surface area contributed by atoms with E-state index in [1.54, 1.807) is 0 Å². The number of hydrogen-bond acceptors (Lipinski definition) is 3. The Kier molecular flexibility index (Phi) is 6.80. The summed E-state index contributed by atoms with van der Waals surface area (Å²) in [6, 6.07) is 0.707. The third-order valence-electron chi connectivity index (χ3n) is 5.06. The number of unbranched alkanes of at least 4 members (excludes halogenated alkanes) is 1. The highest BCUT2D eigenvalue weighted by Gasteiger charge is 2.24. The first-order chi connectivity index (χ1) is 9.36. The predicted octanol–water partition coefficient (Wildman–Crippen LogP) is 3.34. The van der Waals surface area contributed by atoms with E-state index in [1.807, 2.05) is 13.8 Å². The molecule has 3 unspecified atom stereocenters. The average Bonchev–Trinajstić information content (AvgIpc) is 2.41. The quantitative estimate of drug-likeness (QED) is 0.221. The van der Waals surface area contributed by atoms with Gasteiger partial charge >= 0.3 is 0 Å². The lowest BCUT2D eigenvalue weighted by Crippen LogP contribution is -2.37. The minimum absolute atomic E-state index is 0.205. The van der Waals surface area contributed by atoms with Crippen LogP contribution >= 0.6 is 0 Å². The van der Waals surface area contributed by atoms with Crippen LogP contribution in [-0.4, -0.2) is 23.6 Å². The Hall–Kier alpha value is -0.770. The van der Waals surface area contributed by atoms with Crippen LogP contribution in [0, 0.1) is 17.3 Å². The van der Waals surface area contributed by atoms with E-state index < -0.39 is 0 Å². The predicted molar refractivity (Wildman–Crippen MR) is 85.0 cm³/mol. The van der Waals surface area contributed by atoms with Crippen molar-refractivity contribution in [3.63, 3.8) is 0 Å². The average molecular weight is 283 g/mol. The van der Waals surface area contributed by atoms with Gasteiger partial charge in [0.2, 0.25) is 0 Å². The number of hydrogen-bond donors (Lipinski definition) is 3. The van der Waals surface area contributed by atoms with Crippen LogP contribution in [-0.2, 0) is 0 Å². The van der Waals surface area contributed by atoms with Crippen molar-refractivity contribution in [2.75, 3.05) is 6.54 Å². The van der Waals surface area contributed by atoms with Gasteiger partial charge in [-0.1, -0.05) is 39.3 Å². The second-order valence-corrected chi connectivity index (χ2v) is 7.24. The summed E-state index contributed by atoms with van der Waals surface area (Å²) in [6.07, 6.45) is 7.22. The zero-order valence-electron chi connectivity index (χ0n) is 13.7. The maximum atomic E-state index is 8.74. The molecule has 0 spiro atoms. The zero-order chi connectivity index (χ0) is 15.2. The first-order valence-corrected chi connectivity index (χ1v) is 8.08. The minimum Gasteiger partial charge on any atom is -0.409 e. The number of nitrogens with zero attached hydrogens (tertiary/aromatic N) is 1. The van der Waals surface area contributed by atoms with Crippen LogP contribution < -0.4 is 11.1 Å². The highest BCUT2D eigenvalue weighted by molar-refractivity contribution is 5.85. The SMILES string of the molecule is CC1CCC(NCCCCC(C)(C)C(N)=NO)CC1C. The number of nitrogens with two attached hydrogens (primary N) is 1. The second-order valence-electron chi connectivity index (χ2n) is 7.24. The van der Waals surface area contributed by atoms with E-state index in [-0.39, 0.29) is 5.41 Å². The van der Waals surface area contributed by atoms with Crippen LogP contribution in [0.1, 0.15) is 66.2 Å². The van der Waals surface area contributed by atoms with E-state index in [9.17, 15) is 0 Å². The maximum absolute atomic E-state index is 8.74. The van der Waals surface area contributed by atoms with Gasteiger partial charge in [-0.15, -0.1) is 0 Å². The Morgan fingerprint density at radius 1 is 1.25 bits per heavy atom. The fourth-order valence-corrected chi connectivity index (χ4v) is 2.99. The molecular formula is C16H33N3O. The molecule has 118 valence electrons. The largest absolute Gasteiger partial charge is 0.409 e. The molecule has 4 nitrogen and oxygen atoms in total. The number of amidine groups is 1. The first kappa shape index (κ1) is 17.3. The molecule has 20 heavy (non-hydrogen) atoms. The van der Waals surface area contributed by atoms with Crippen molar-refractivity contribution < 1.29 is 5.21 Å². The van der Waals surface area contributed by atoms with Crippen molar-refractivity contribution in [1.29, 1.82) is 0 Å². The molecule has 0 amide bonds. The van der Waals surface area contributed by atoms with Crippen LogP contribution in [0.4, 0.5) is 0 Å². The topological polar surface area (TPSA) is 70.6 Å². The Labute approximate surface area is 124 Å².